The van der Waals surface area contributed by atoms with Crippen molar-refractivity contribution in [2.24, 2.45) is 43.8 Å². The van der Waals surface area contributed by atoms with Crippen LogP contribution in [0.1, 0.15) is 157 Å². The van der Waals surface area contributed by atoms with E-state index in [0.717, 1.165) is 116 Å². The van der Waals surface area contributed by atoms with Gasteiger partial charge in [-0.05, 0) is 112 Å². The molecular weight excluding hydrogens is 803 g/mol. The number of nitrogens with one attached hydrogen (secondary N) is 3. The highest BCUT2D eigenvalue weighted by atomic mass is 32.2. The lowest BCUT2D eigenvalue weighted by Gasteiger charge is -2.39. The molecule has 3 heterocycles. The van der Waals surface area contributed by atoms with Gasteiger partial charge in [0.1, 0.15) is 18.1 Å². The number of likely N-dealkylation sites (tertiary alicyclic amines) is 2. The highest BCUT2D eigenvalue weighted by Gasteiger charge is 2.85. The second-order valence-electron chi connectivity index (χ2n) is 22.4. The number of rotatable bonds is 14. The lowest BCUT2D eigenvalue weighted by Crippen LogP contribution is -2.63. The summed E-state index contributed by atoms with van der Waals surface area (Å²) in [6.07, 6.45) is 17.8. The number of carbonyl (C=O) groups is 4. The normalized spacial score (nSPS) is 33.6. The Balaban J connectivity index is 1.09. The van der Waals surface area contributed by atoms with E-state index >= 15 is 9.59 Å². The molecule has 0 bridgehead atoms. The summed E-state index contributed by atoms with van der Waals surface area (Å²) in [5, 5.41) is 9.85. The number of hydrogen-bond donors (Lipinski definition) is 3. The zero-order valence-electron chi connectivity index (χ0n) is 38.7. The summed E-state index contributed by atoms with van der Waals surface area (Å²) >= 11 is 0. The molecule has 0 radical (unpaired) electrons. The summed E-state index contributed by atoms with van der Waals surface area (Å²) in [5.41, 5.74) is -1.47. The molecular formula is C48H77N7O6S. The van der Waals surface area contributed by atoms with Crippen molar-refractivity contribution in [2.45, 2.75) is 187 Å². The largest absolute Gasteiger partial charge is 0.343 e. The maximum atomic E-state index is 15.5. The quantitative estimate of drug-likeness (QED) is 0.145. The van der Waals surface area contributed by atoms with Gasteiger partial charge >= 0.3 is 10.2 Å². The topological polar surface area (TPSA) is 161 Å². The van der Waals surface area contributed by atoms with E-state index in [1.807, 2.05) is 26.8 Å². The molecule has 3 saturated heterocycles. The van der Waals surface area contributed by atoms with Crippen LogP contribution in [0.25, 0.3) is 0 Å². The first kappa shape index (κ1) is 45.7. The Morgan fingerprint density at radius 2 is 1.47 bits per heavy atom. The molecule has 3 aliphatic heterocycles. The predicted molar refractivity (Wildman–Crippen MR) is 241 cm³/mol. The van der Waals surface area contributed by atoms with Gasteiger partial charge in [-0.15, -0.1) is 6.58 Å². The van der Waals surface area contributed by atoms with Gasteiger partial charge in [0.2, 0.25) is 23.6 Å². The van der Waals surface area contributed by atoms with Crippen LogP contribution in [0.4, 0.5) is 0 Å². The standard InChI is InChI=1S/C48H77N7O6S/c1-8-34-29-48(34,38(33-21-17-22-33)52-62(60,61)54-27-15-16-28-54)51-41(57)36-30-47(45(6,7)46(47)24-18-25-46)31-55(36)43(59)39(44(3,4)5)50-42(58)37(32-19-11-10-12-20-32)49-40(56)35-23-13-14-26-53(35)9-2/h8,32-37,39H,1,9-31H2,2-7H3,(H,49,56)(H,50,58)(H,51,57). The van der Waals surface area contributed by atoms with Gasteiger partial charge in [-0.1, -0.05) is 86.1 Å². The summed E-state index contributed by atoms with van der Waals surface area (Å²) in [5.74, 6) is -1.28. The molecule has 0 aromatic carbocycles. The zero-order chi connectivity index (χ0) is 44.5. The van der Waals surface area contributed by atoms with Crippen molar-refractivity contribution in [2.75, 3.05) is 32.7 Å². The average molecular weight is 880 g/mol. The number of hydrogen-bond acceptors (Lipinski definition) is 7. The number of amides is 4. The smallest absolute Gasteiger partial charge is 0.322 e. The van der Waals surface area contributed by atoms with Gasteiger partial charge in [0.05, 0.1) is 17.3 Å². The molecule has 13 nitrogen and oxygen atoms in total. The first-order chi connectivity index (χ1) is 29.4. The summed E-state index contributed by atoms with van der Waals surface area (Å²) < 4.78 is 33.6. The van der Waals surface area contributed by atoms with Crippen molar-refractivity contribution in [3.05, 3.63) is 12.7 Å². The fourth-order valence-corrected chi connectivity index (χ4v) is 15.0. The molecule has 4 amide bonds. The lowest BCUT2D eigenvalue weighted by atomic mass is 9.73. The Kier molecular flexibility index (Phi) is 12.4. The fraction of sp³-hybridized carbons (Fsp3) is 0.854. The maximum absolute atomic E-state index is 15.5. The van der Waals surface area contributed by atoms with Crippen LogP contribution in [0.2, 0.25) is 0 Å². The van der Waals surface area contributed by atoms with E-state index in [1.165, 1.54) is 4.31 Å². The lowest BCUT2D eigenvalue weighted by molar-refractivity contribution is -0.145. The Labute approximate surface area is 372 Å². The van der Waals surface area contributed by atoms with Gasteiger partial charge in [-0.25, -0.2) is 0 Å². The molecule has 3 N–H and O–H groups in total. The molecule has 5 saturated carbocycles. The minimum atomic E-state index is -3.94. The summed E-state index contributed by atoms with van der Waals surface area (Å²) in [6.45, 7) is 19.6. The second kappa shape index (κ2) is 16.9. The van der Waals surface area contributed by atoms with Crippen LogP contribution >= 0.6 is 0 Å². The van der Waals surface area contributed by atoms with Crippen LogP contribution in [0.3, 0.4) is 0 Å². The Morgan fingerprint density at radius 3 is 2.02 bits per heavy atom. The highest BCUT2D eigenvalue weighted by molar-refractivity contribution is 7.88. The SMILES string of the molecule is C=CC1CC1(NC(=O)C1CC2(CN1C(=O)C(NC(=O)C(NC(=O)C1CCCCN1CC)C1CCCCC1)C(C)(C)C)C(C)(C)C21CCC1)C(=NS(=O)(=O)N1CCCC1)C1CCC1. The van der Waals surface area contributed by atoms with Gasteiger partial charge < -0.3 is 20.9 Å². The molecule has 8 fully saturated rings. The Bertz CT molecular complexity index is 1910. The molecule has 7 unspecified atom stereocenters. The van der Waals surface area contributed by atoms with E-state index in [9.17, 15) is 18.0 Å². The van der Waals surface area contributed by atoms with Crippen LogP contribution in [0, 0.1) is 39.4 Å². The minimum absolute atomic E-state index is 0.0326. The predicted octanol–water partition coefficient (Wildman–Crippen LogP) is 5.90. The van der Waals surface area contributed by atoms with Crippen LogP contribution in [0.15, 0.2) is 17.1 Å². The van der Waals surface area contributed by atoms with E-state index < -0.39 is 39.3 Å². The Morgan fingerprint density at radius 1 is 0.806 bits per heavy atom. The zero-order valence-corrected chi connectivity index (χ0v) is 39.6. The molecule has 346 valence electrons. The second-order valence-corrected chi connectivity index (χ2v) is 24.0. The molecule has 14 heteroatoms. The third kappa shape index (κ3) is 7.69. The summed E-state index contributed by atoms with van der Waals surface area (Å²) in [4.78, 5) is 63.5. The van der Waals surface area contributed by atoms with E-state index in [0.29, 0.717) is 38.2 Å². The first-order valence-corrected chi connectivity index (χ1v) is 26.0. The van der Waals surface area contributed by atoms with Crippen molar-refractivity contribution in [3.63, 3.8) is 0 Å². The van der Waals surface area contributed by atoms with Gasteiger partial charge in [0.15, 0.2) is 0 Å². The third-order valence-corrected chi connectivity index (χ3v) is 19.5. The number of likely N-dealkylation sites (N-methyl/N-ethyl adjacent to an activating group) is 1. The van der Waals surface area contributed by atoms with Gasteiger partial charge in [-0.3, -0.25) is 24.1 Å². The van der Waals surface area contributed by atoms with Crippen molar-refractivity contribution >= 4 is 39.5 Å². The van der Waals surface area contributed by atoms with Crippen LogP contribution in [-0.2, 0) is 29.4 Å². The van der Waals surface area contributed by atoms with Gasteiger partial charge in [0.25, 0.3) is 0 Å². The van der Waals surface area contributed by atoms with Crippen molar-refractivity contribution in [1.82, 2.24) is 30.1 Å². The van der Waals surface area contributed by atoms with Crippen molar-refractivity contribution < 1.29 is 27.6 Å². The fourth-order valence-electron chi connectivity index (χ4n) is 13.6. The minimum Gasteiger partial charge on any atom is -0.343 e. The highest BCUT2D eigenvalue weighted by Crippen LogP contribution is 2.88. The molecule has 0 aromatic heterocycles. The van der Waals surface area contributed by atoms with Crippen molar-refractivity contribution in [1.29, 1.82) is 0 Å². The van der Waals surface area contributed by atoms with Gasteiger partial charge in [-0.2, -0.15) is 17.1 Å². The van der Waals surface area contributed by atoms with E-state index in [-0.39, 0.29) is 63.7 Å². The van der Waals surface area contributed by atoms with Gasteiger partial charge in [0, 0.05) is 36.9 Å². The van der Waals surface area contributed by atoms with Crippen LogP contribution in [-0.4, -0.2) is 114 Å². The number of nitrogens with zero attached hydrogens (tertiary/aromatic N) is 4. The molecule has 62 heavy (non-hydrogen) atoms. The number of fused-ring (bicyclic) bond motifs is 1. The molecule has 0 aromatic rings. The van der Waals surface area contributed by atoms with E-state index in [4.69, 9.17) is 0 Å². The maximum Gasteiger partial charge on any atom is 0.322 e. The monoisotopic (exact) mass is 880 g/mol. The summed E-state index contributed by atoms with van der Waals surface area (Å²) in [6, 6.07) is -2.82. The Hall–Kier alpha value is -2.84. The van der Waals surface area contributed by atoms with E-state index in [2.05, 4.69) is 52.6 Å². The van der Waals surface area contributed by atoms with Crippen molar-refractivity contribution in [3.8, 4) is 0 Å². The molecule has 8 rings (SSSR count). The van der Waals surface area contributed by atoms with Crippen LogP contribution in [0.5, 0.6) is 0 Å². The van der Waals surface area contributed by atoms with Crippen LogP contribution < -0.4 is 16.0 Å². The molecule has 2 spiro atoms. The number of carbonyl (C=O) groups excluding carboxylic acids is 4. The molecule has 7 atom stereocenters. The molecule has 8 aliphatic rings. The number of piperidine rings is 1. The van der Waals surface area contributed by atoms with E-state index in [1.54, 1.807) is 4.90 Å². The molecule has 5 aliphatic carbocycles. The average Bonchev–Trinajstić information content (AvgIpc) is 3.65. The first-order valence-electron chi connectivity index (χ1n) is 24.6. The third-order valence-electron chi connectivity index (χ3n) is 18.0. The summed E-state index contributed by atoms with van der Waals surface area (Å²) in [7, 11) is -3.94.